The SMILES string of the molecule is Cc1cc(C)c(NC2C3CCCOC3C2(C)C)c(C)c1. The maximum Gasteiger partial charge on any atom is 0.0693 e. The van der Waals surface area contributed by atoms with E-state index >= 15 is 0 Å². The van der Waals surface area contributed by atoms with Gasteiger partial charge in [-0.3, -0.25) is 0 Å². The second-order valence-electron chi connectivity index (χ2n) is 7.31. The van der Waals surface area contributed by atoms with E-state index in [4.69, 9.17) is 4.74 Å². The van der Waals surface area contributed by atoms with Crippen molar-refractivity contribution in [2.45, 2.75) is 59.6 Å². The molecule has 2 aliphatic rings. The summed E-state index contributed by atoms with van der Waals surface area (Å²) in [5.74, 6) is 0.679. The summed E-state index contributed by atoms with van der Waals surface area (Å²) in [5, 5.41) is 3.85. The quantitative estimate of drug-likeness (QED) is 0.870. The van der Waals surface area contributed by atoms with Crippen LogP contribution in [0.15, 0.2) is 12.1 Å². The summed E-state index contributed by atoms with van der Waals surface area (Å²) in [5.41, 5.74) is 5.63. The van der Waals surface area contributed by atoms with Crippen molar-refractivity contribution in [2.75, 3.05) is 11.9 Å². The number of hydrogen-bond acceptors (Lipinski definition) is 2. The largest absolute Gasteiger partial charge is 0.381 e. The average molecular weight is 273 g/mol. The molecule has 3 rings (SSSR count). The highest BCUT2D eigenvalue weighted by Gasteiger charge is 2.58. The number of fused-ring (bicyclic) bond motifs is 1. The first-order valence-corrected chi connectivity index (χ1v) is 7.87. The zero-order chi connectivity index (χ0) is 14.5. The Morgan fingerprint density at radius 2 is 1.80 bits per heavy atom. The number of ether oxygens (including phenoxy) is 1. The van der Waals surface area contributed by atoms with Gasteiger partial charge in [-0.1, -0.05) is 31.5 Å². The van der Waals surface area contributed by atoms with Crippen molar-refractivity contribution in [1.29, 1.82) is 0 Å². The van der Waals surface area contributed by atoms with Crippen LogP contribution < -0.4 is 5.32 Å². The molecule has 2 nitrogen and oxygen atoms in total. The number of hydrogen-bond donors (Lipinski definition) is 1. The molecule has 1 aliphatic heterocycles. The maximum absolute atomic E-state index is 6.00. The molecule has 1 aromatic rings. The predicted octanol–water partition coefficient (Wildman–Crippen LogP) is 4.23. The fourth-order valence-corrected chi connectivity index (χ4v) is 4.38. The summed E-state index contributed by atoms with van der Waals surface area (Å²) in [7, 11) is 0. The van der Waals surface area contributed by atoms with Gasteiger partial charge in [-0.05, 0) is 44.7 Å². The molecular formula is C18H27NO. The normalized spacial score (nSPS) is 31.4. The zero-order valence-corrected chi connectivity index (χ0v) is 13.4. The Morgan fingerprint density at radius 3 is 2.45 bits per heavy atom. The van der Waals surface area contributed by atoms with Crippen LogP contribution >= 0.6 is 0 Å². The van der Waals surface area contributed by atoms with Crippen molar-refractivity contribution in [3.8, 4) is 0 Å². The number of nitrogens with one attached hydrogen (secondary N) is 1. The molecule has 20 heavy (non-hydrogen) atoms. The summed E-state index contributed by atoms with van der Waals surface area (Å²) < 4.78 is 6.00. The van der Waals surface area contributed by atoms with Gasteiger partial charge in [0.05, 0.1) is 6.10 Å². The van der Waals surface area contributed by atoms with Gasteiger partial charge in [-0.25, -0.2) is 0 Å². The van der Waals surface area contributed by atoms with E-state index in [1.54, 1.807) is 0 Å². The molecule has 0 amide bonds. The van der Waals surface area contributed by atoms with Crippen LogP contribution in [0.4, 0.5) is 5.69 Å². The highest BCUT2D eigenvalue weighted by Crippen LogP contribution is 2.52. The summed E-state index contributed by atoms with van der Waals surface area (Å²) in [6.07, 6.45) is 2.96. The second kappa shape index (κ2) is 4.77. The third kappa shape index (κ3) is 2.05. The first-order chi connectivity index (χ1) is 9.41. The van der Waals surface area contributed by atoms with Gasteiger partial charge in [-0.2, -0.15) is 0 Å². The first-order valence-electron chi connectivity index (χ1n) is 7.87. The molecule has 0 aromatic heterocycles. The number of anilines is 1. The fraction of sp³-hybridized carbons (Fsp3) is 0.667. The molecule has 1 aromatic carbocycles. The van der Waals surface area contributed by atoms with Crippen LogP contribution in [0.25, 0.3) is 0 Å². The Hall–Kier alpha value is -1.02. The molecule has 0 bridgehead atoms. The number of rotatable bonds is 2. The summed E-state index contributed by atoms with van der Waals surface area (Å²) in [6, 6.07) is 5.08. The van der Waals surface area contributed by atoms with E-state index in [1.165, 1.54) is 35.2 Å². The van der Waals surface area contributed by atoms with Gasteiger partial charge in [-0.15, -0.1) is 0 Å². The Morgan fingerprint density at radius 1 is 1.15 bits per heavy atom. The molecule has 0 radical (unpaired) electrons. The summed E-state index contributed by atoms with van der Waals surface area (Å²) in [4.78, 5) is 0. The lowest BCUT2D eigenvalue weighted by Gasteiger charge is -2.60. The third-order valence-electron chi connectivity index (χ3n) is 5.31. The standard InChI is InChI=1S/C18H27NO/c1-11-9-12(2)15(13(3)10-11)19-16-14-7-6-8-20-17(14)18(16,4)5/h9-10,14,16-17,19H,6-8H2,1-5H3. The number of benzene rings is 1. The molecule has 1 saturated carbocycles. The van der Waals surface area contributed by atoms with Crippen LogP contribution in [0, 0.1) is 32.1 Å². The molecule has 3 atom stereocenters. The van der Waals surface area contributed by atoms with Crippen molar-refractivity contribution >= 4 is 5.69 Å². The fourth-order valence-electron chi connectivity index (χ4n) is 4.38. The molecule has 1 aliphatic carbocycles. The Kier molecular flexibility index (Phi) is 3.32. The maximum atomic E-state index is 6.00. The Bertz CT molecular complexity index is 497. The molecular weight excluding hydrogens is 246 g/mol. The second-order valence-corrected chi connectivity index (χ2v) is 7.31. The van der Waals surface area contributed by atoms with E-state index < -0.39 is 0 Å². The molecule has 110 valence electrons. The van der Waals surface area contributed by atoms with Gasteiger partial charge in [0.15, 0.2) is 0 Å². The molecule has 2 heteroatoms. The van der Waals surface area contributed by atoms with Crippen LogP contribution in [-0.2, 0) is 4.74 Å². The van der Waals surface area contributed by atoms with Gasteiger partial charge in [0.2, 0.25) is 0 Å². The van der Waals surface area contributed by atoms with Gasteiger partial charge in [0.25, 0.3) is 0 Å². The van der Waals surface area contributed by atoms with Crippen molar-refractivity contribution in [2.24, 2.45) is 11.3 Å². The zero-order valence-electron chi connectivity index (χ0n) is 13.4. The predicted molar refractivity (Wildman–Crippen MR) is 84.3 cm³/mol. The Labute approximate surface area is 122 Å². The highest BCUT2D eigenvalue weighted by molar-refractivity contribution is 5.59. The van der Waals surface area contributed by atoms with Crippen LogP contribution in [0.5, 0.6) is 0 Å². The van der Waals surface area contributed by atoms with Gasteiger partial charge in [0, 0.05) is 29.7 Å². The van der Waals surface area contributed by atoms with E-state index in [0.29, 0.717) is 18.1 Å². The molecule has 1 saturated heterocycles. The van der Waals surface area contributed by atoms with Crippen LogP contribution in [0.1, 0.15) is 43.4 Å². The topological polar surface area (TPSA) is 21.3 Å². The minimum Gasteiger partial charge on any atom is -0.381 e. The lowest BCUT2D eigenvalue weighted by atomic mass is 9.55. The van der Waals surface area contributed by atoms with Crippen LogP contribution in [-0.4, -0.2) is 18.8 Å². The molecule has 1 N–H and O–H groups in total. The minimum atomic E-state index is 0.231. The van der Waals surface area contributed by atoms with Crippen molar-refractivity contribution < 1.29 is 4.74 Å². The van der Waals surface area contributed by atoms with E-state index in [2.05, 4.69) is 52.1 Å². The molecule has 3 unspecified atom stereocenters. The molecule has 0 spiro atoms. The smallest absolute Gasteiger partial charge is 0.0693 e. The lowest BCUT2D eigenvalue weighted by molar-refractivity contribution is -0.177. The van der Waals surface area contributed by atoms with Crippen LogP contribution in [0.2, 0.25) is 0 Å². The molecule has 2 fully saturated rings. The Balaban J connectivity index is 1.85. The van der Waals surface area contributed by atoms with Gasteiger partial charge >= 0.3 is 0 Å². The van der Waals surface area contributed by atoms with Crippen molar-refractivity contribution in [3.63, 3.8) is 0 Å². The lowest BCUT2D eigenvalue weighted by Crippen LogP contribution is -2.67. The summed E-state index contributed by atoms with van der Waals surface area (Å²) in [6.45, 7) is 12.2. The average Bonchev–Trinajstić information content (AvgIpc) is 2.37. The van der Waals surface area contributed by atoms with E-state index in [0.717, 1.165) is 6.61 Å². The first kappa shape index (κ1) is 13.9. The number of aryl methyl sites for hydroxylation is 3. The molecule has 1 heterocycles. The minimum absolute atomic E-state index is 0.231. The van der Waals surface area contributed by atoms with E-state index in [9.17, 15) is 0 Å². The summed E-state index contributed by atoms with van der Waals surface area (Å²) >= 11 is 0. The highest BCUT2D eigenvalue weighted by atomic mass is 16.5. The van der Waals surface area contributed by atoms with Gasteiger partial charge in [0.1, 0.15) is 0 Å². The van der Waals surface area contributed by atoms with Crippen molar-refractivity contribution in [3.05, 3.63) is 28.8 Å². The van der Waals surface area contributed by atoms with Crippen molar-refractivity contribution in [1.82, 2.24) is 0 Å². The van der Waals surface area contributed by atoms with E-state index in [-0.39, 0.29) is 5.41 Å². The van der Waals surface area contributed by atoms with Gasteiger partial charge < -0.3 is 10.1 Å². The monoisotopic (exact) mass is 273 g/mol. The van der Waals surface area contributed by atoms with Crippen LogP contribution in [0.3, 0.4) is 0 Å². The third-order valence-corrected chi connectivity index (χ3v) is 5.31. The van der Waals surface area contributed by atoms with E-state index in [1.807, 2.05) is 0 Å².